The zero-order valence-electron chi connectivity index (χ0n) is 11.8. The summed E-state index contributed by atoms with van der Waals surface area (Å²) in [6.45, 7) is 5.87. The number of anilines is 1. The summed E-state index contributed by atoms with van der Waals surface area (Å²) in [4.78, 5) is 14.4. The Hall–Kier alpha value is -1.56. The molecule has 0 bridgehead atoms. The molecule has 0 saturated carbocycles. The van der Waals surface area contributed by atoms with Crippen LogP contribution < -0.4 is 5.73 Å². The summed E-state index contributed by atoms with van der Waals surface area (Å²) < 4.78 is 7.17. The smallest absolute Gasteiger partial charge is 0.274 e. The monoisotopic (exact) mass is 266 g/mol. The maximum atomic E-state index is 12.6. The third kappa shape index (κ3) is 2.58. The highest BCUT2D eigenvalue weighted by atomic mass is 16.5. The first-order valence-electron chi connectivity index (χ1n) is 6.80. The molecule has 1 fully saturated rings. The van der Waals surface area contributed by atoms with E-state index in [9.17, 15) is 4.79 Å². The molecule has 1 atom stereocenters. The molecule has 1 aromatic rings. The molecule has 1 unspecified atom stereocenters. The number of hydrogen-bond acceptors (Lipinski definition) is 4. The van der Waals surface area contributed by atoms with E-state index in [0.29, 0.717) is 31.1 Å². The highest BCUT2D eigenvalue weighted by Gasteiger charge is 2.28. The van der Waals surface area contributed by atoms with Crippen molar-refractivity contribution in [2.45, 2.75) is 32.8 Å². The molecule has 2 heterocycles. The number of rotatable bonds is 3. The Morgan fingerprint density at radius 2 is 2.26 bits per heavy atom. The second kappa shape index (κ2) is 5.61. The van der Waals surface area contributed by atoms with Gasteiger partial charge in [0.25, 0.3) is 5.91 Å². The normalized spacial score (nSPS) is 19.7. The zero-order valence-corrected chi connectivity index (χ0v) is 11.8. The van der Waals surface area contributed by atoms with Crippen LogP contribution in [0.15, 0.2) is 0 Å². The molecular formula is C13H22N4O2. The van der Waals surface area contributed by atoms with E-state index >= 15 is 0 Å². The van der Waals surface area contributed by atoms with E-state index in [2.05, 4.69) is 12.0 Å². The highest BCUT2D eigenvalue weighted by Crippen LogP contribution is 2.20. The van der Waals surface area contributed by atoms with Crippen molar-refractivity contribution in [1.82, 2.24) is 14.7 Å². The van der Waals surface area contributed by atoms with Gasteiger partial charge in [0.1, 0.15) is 5.69 Å². The van der Waals surface area contributed by atoms with E-state index in [1.165, 1.54) is 0 Å². The summed E-state index contributed by atoms with van der Waals surface area (Å²) in [5.41, 5.74) is 7.81. The molecule has 2 rings (SSSR count). The lowest BCUT2D eigenvalue weighted by molar-refractivity contribution is -0.0229. The number of nitrogens with two attached hydrogens (primary N) is 1. The lowest BCUT2D eigenvalue weighted by Crippen LogP contribution is -2.46. The van der Waals surface area contributed by atoms with Crippen molar-refractivity contribution in [3.8, 4) is 0 Å². The summed E-state index contributed by atoms with van der Waals surface area (Å²) in [6, 6.07) is 0. The van der Waals surface area contributed by atoms with E-state index < -0.39 is 0 Å². The zero-order chi connectivity index (χ0) is 14.0. The van der Waals surface area contributed by atoms with Gasteiger partial charge in [-0.05, 0) is 12.8 Å². The average molecular weight is 266 g/mol. The van der Waals surface area contributed by atoms with E-state index in [1.807, 2.05) is 11.8 Å². The summed E-state index contributed by atoms with van der Waals surface area (Å²) >= 11 is 0. The fraction of sp³-hybridized carbons (Fsp3) is 0.692. The average Bonchev–Trinajstić information content (AvgIpc) is 2.72. The van der Waals surface area contributed by atoms with E-state index in [0.717, 1.165) is 18.5 Å². The Morgan fingerprint density at radius 3 is 2.84 bits per heavy atom. The van der Waals surface area contributed by atoms with Crippen molar-refractivity contribution in [1.29, 1.82) is 0 Å². The molecule has 1 aliphatic rings. The van der Waals surface area contributed by atoms with Gasteiger partial charge in [-0.1, -0.05) is 13.8 Å². The van der Waals surface area contributed by atoms with Crippen molar-refractivity contribution in [3.63, 3.8) is 0 Å². The molecule has 0 aliphatic carbocycles. The number of aryl methyl sites for hydroxylation is 2. The largest absolute Gasteiger partial charge is 0.395 e. The topological polar surface area (TPSA) is 73.4 Å². The number of aromatic nitrogens is 2. The molecule has 106 valence electrons. The third-order valence-electron chi connectivity index (χ3n) is 3.58. The number of morpholine rings is 1. The van der Waals surface area contributed by atoms with Gasteiger partial charge in [-0.2, -0.15) is 5.10 Å². The van der Waals surface area contributed by atoms with Gasteiger partial charge in [0.2, 0.25) is 0 Å². The van der Waals surface area contributed by atoms with Gasteiger partial charge in [-0.3, -0.25) is 9.48 Å². The van der Waals surface area contributed by atoms with Crippen molar-refractivity contribution in [2.75, 3.05) is 25.4 Å². The minimum Gasteiger partial charge on any atom is -0.395 e. The molecule has 0 radical (unpaired) electrons. The lowest BCUT2D eigenvalue weighted by Gasteiger charge is -2.32. The molecule has 1 aliphatic heterocycles. The predicted molar refractivity (Wildman–Crippen MR) is 72.9 cm³/mol. The summed E-state index contributed by atoms with van der Waals surface area (Å²) in [6.07, 6.45) is 1.76. The predicted octanol–water partition coefficient (Wildman–Crippen LogP) is 0.816. The molecule has 0 spiro atoms. The lowest BCUT2D eigenvalue weighted by atomic mass is 10.2. The number of carbonyl (C=O) groups is 1. The highest BCUT2D eigenvalue weighted by molar-refractivity contribution is 5.98. The number of nitrogens with zero attached hydrogens (tertiary/aromatic N) is 3. The maximum Gasteiger partial charge on any atom is 0.274 e. The Labute approximate surface area is 113 Å². The molecule has 6 heteroatoms. The number of hydrogen-bond donors (Lipinski definition) is 1. The molecule has 6 nitrogen and oxygen atoms in total. The SMILES string of the molecule is CCc1nn(C)c(C(=O)N2CCOC(CC)C2)c1N. The van der Waals surface area contributed by atoms with Crippen molar-refractivity contribution in [3.05, 3.63) is 11.4 Å². The summed E-state index contributed by atoms with van der Waals surface area (Å²) in [5.74, 6) is -0.0473. The van der Waals surface area contributed by atoms with Gasteiger partial charge in [0.05, 0.1) is 24.1 Å². The Balaban J connectivity index is 2.22. The summed E-state index contributed by atoms with van der Waals surface area (Å²) in [5, 5.41) is 4.30. The van der Waals surface area contributed by atoms with Crippen LogP contribution in [0.5, 0.6) is 0 Å². The van der Waals surface area contributed by atoms with Gasteiger partial charge >= 0.3 is 0 Å². The van der Waals surface area contributed by atoms with E-state index in [1.54, 1.807) is 11.7 Å². The van der Waals surface area contributed by atoms with Gasteiger partial charge in [-0.25, -0.2) is 0 Å². The first-order valence-corrected chi connectivity index (χ1v) is 6.80. The number of carbonyl (C=O) groups excluding carboxylic acids is 1. The van der Waals surface area contributed by atoms with Crippen LogP contribution in [0.1, 0.15) is 36.5 Å². The Morgan fingerprint density at radius 1 is 1.53 bits per heavy atom. The number of amides is 1. The molecule has 2 N–H and O–H groups in total. The molecule has 19 heavy (non-hydrogen) atoms. The quantitative estimate of drug-likeness (QED) is 0.879. The maximum absolute atomic E-state index is 12.6. The van der Waals surface area contributed by atoms with Crippen molar-refractivity contribution >= 4 is 11.6 Å². The molecule has 1 aromatic heterocycles. The van der Waals surface area contributed by atoms with Crippen molar-refractivity contribution < 1.29 is 9.53 Å². The number of nitrogen functional groups attached to an aromatic ring is 1. The van der Waals surface area contributed by atoms with Crippen LogP contribution in [-0.2, 0) is 18.2 Å². The second-order valence-electron chi connectivity index (χ2n) is 4.84. The fourth-order valence-electron chi connectivity index (χ4n) is 2.41. The minimum absolute atomic E-state index is 0.0473. The first-order chi connectivity index (χ1) is 9.08. The van der Waals surface area contributed by atoms with Gasteiger partial charge in [-0.15, -0.1) is 0 Å². The van der Waals surface area contributed by atoms with Gasteiger partial charge in [0, 0.05) is 20.1 Å². The van der Waals surface area contributed by atoms with Crippen molar-refractivity contribution in [2.24, 2.45) is 7.05 Å². The summed E-state index contributed by atoms with van der Waals surface area (Å²) in [7, 11) is 1.76. The Bertz CT molecular complexity index is 469. The van der Waals surface area contributed by atoms with Gasteiger partial charge in [0.15, 0.2) is 0 Å². The molecule has 0 aromatic carbocycles. The minimum atomic E-state index is -0.0473. The first kappa shape index (κ1) is 13.9. The standard InChI is InChI=1S/C13H22N4O2/c1-4-9-8-17(6-7-19-9)13(18)12-11(14)10(5-2)15-16(12)3/h9H,4-8,14H2,1-3H3. The van der Waals surface area contributed by atoms with Crippen LogP contribution >= 0.6 is 0 Å². The Kier molecular flexibility index (Phi) is 4.09. The molecule has 1 amide bonds. The fourth-order valence-corrected chi connectivity index (χ4v) is 2.41. The third-order valence-corrected chi connectivity index (χ3v) is 3.58. The molecular weight excluding hydrogens is 244 g/mol. The van der Waals surface area contributed by atoms with E-state index in [-0.39, 0.29) is 12.0 Å². The second-order valence-corrected chi connectivity index (χ2v) is 4.84. The van der Waals surface area contributed by atoms with Crippen LogP contribution in [0, 0.1) is 0 Å². The van der Waals surface area contributed by atoms with Crippen LogP contribution in [0.25, 0.3) is 0 Å². The van der Waals surface area contributed by atoms with Crippen LogP contribution in [0.2, 0.25) is 0 Å². The van der Waals surface area contributed by atoms with Crippen LogP contribution in [-0.4, -0.2) is 46.4 Å². The van der Waals surface area contributed by atoms with E-state index in [4.69, 9.17) is 10.5 Å². The van der Waals surface area contributed by atoms with Gasteiger partial charge < -0.3 is 15.4 Å². The van der Waals surface area contributed by atoms with Crippen LogP contribution in [0.3, 0.4) is 0 Å². The number of ether oxygens (including phenoxy) is 1. The van der Waals surface area contributed by atoms with Crippen LogP contribution in [0.4, 0.5) is 5.69 Å². The molecule has 1 saturated heterocycles.